The van der Waals surface area contributed by atoms with Crippen LogP contribution in [0.15, 0.2) is 0 Å². The number of ether oxygens (including phenoxy) is 1. The SMILES string of the molecule is CC(C)(C)OC(=O)N1CC2CC1CN2C1CCC(CO)CC1. The monoisotopic (exact) mass is 310 g/mol. The number of aliphatic hydroxyl groups is 1. The molecule has 0 aromatic carbocycles. The molecule has 2 atom stereocenters. The van der Waals surface area contributed by atoms with Crippen LogP contribution in [0.25, 0.3) is 0 Å². The zero-order valence-electron chi connectivity index (χ0n) is 14.1. The molecule has 3 fully saturated rings. The van der Waals surface area contributed by atoms with Crippen LogP contribution < -0.4 is 0 Å². The van der Waals surface area contributed by atoms with Gasteiger partial charge in [-0.15, -0.1) is 0 Å². The first-order chi connectivity index (χ1) is 10.4. The first-order valence-electron chi connectivity index (χ1n) is 8.73. The smallest absolute Gasteiger partial charge is 0.410 e. The molecular weight excluding hydrogens is 280 g/mol. The normalized spacial score (nSPS) is 35.9. The Kier molecular flexibility index (Phi) is 4.38. The number of carbonyl (C=O) groups is 1. The molecule has 22 heavy (non-hydrogen) atoms. The molecule has 1 N–H and O–H groups in total. The van der Waals surface area contributed by atoms with Crippen molar-refractivity contribution in [2.75, 3.05) is 19.7 Å². The number of carbonyl (C=O) groups excluding carboxylic acids is 1. The van der Waals surface area contributed by atoms with E-state index in [0.717, 1.165) is 32.4 Å². The lowest BCUT2D eigenvalue weighted by Gasteiger charge is -2.41. The van der Waals surface area contributed by atoms with Crippen LogP contribution in [0.3, 0.4) is 0 Å². The number of rotatable bonds is 2. The number of piperazine rings is 1. The summed E-state index contributed by atoms with van der Waals surface area (Å²) in [5.74, 6) is 0.509. The van der Waals surface area contributed by atoms with E-state index in [1.807, 2.05) is 25.7 Å². The van der Waals surface area contributed by atoms with Crippen LogP contribution in [0, 0.1) is 5.92 Å². The molecule has 1 amide bonds. The topological polar surface area (TPSA) is 53.0 Å². The van der Waals surface area contributed by atoms with Gasteiger partial charge in [0.25, 0.3) is 0 Å². The fourth-order valence-corrected chi connectivity index (χ4v) is 4.35. The Hall–Kier alpha value is -0.810. The molecule has 1 saturated carbocycles. The molecule has 2 aliphatic heterocycles. The van der Waals surface area contributed by atoms with Crippen molar-refractivity contribution in [3.05, 3.63) is 0 Å². The van der Waals surface area contributed by atoms with Gasteiger partial charge < -0.3 is 14.7 Å². The molecule has 3 rings (SSSR count). The second-order valence-corrected chi connectivity index (χ2v) is 8.23. The molecule has 0 radical (unpaired) electrons. The average molecular weight is 310 g/mol. The second kappa shape index (κ2) is 6.00. The molecule has 5 nitrogen and oxygen atoms in total. The number of hydrogen-bond donors (Lipinski definition) is 1. The molecule has 5 heteroatoms. The van der Waals surface area contributed by atoms with Crippen molar-refractivity contribution in [2.24, 2.45) is 5.92 Å². The van der Waals surface area contributed by atoms with E-state index in [1.165, 1.54) is 12.8 Å². The molecule has 0 spiro atoms. The first-order valence-corrected chi connectivity index (χ1v) is 8.73. The van der Waals surface area contributed by atoms with E-state index in [1.54, 1.807) is 0 Å². The van der Waals surface area contributed by atoms with E-state index in [0.29, 0.717) is 30.7 Å². The molecule has 0 aromatic heterocycles. The molecule has 0 aromatic rings. The number of hydrogen-bond acceptors (Lipinski definition) is 4. The Morgan fingerprint density at radius 1 is 1.09 bits per heavy atom. The van der Waals surface area contributed by atoms with Gasteiger partial charge in [-0.3, -0.25) is 4.90 Å². The molecule has 126 valence electrons. The second-order valence-electron chi connectivity index (χ2n) is 8.23. The van der Waals surface area contributed by atoms with Crippen LogP contribution >= 0.6 is 0 Å². The summed E-state index contributed by atoms with van der Waals surface area (Å²) in [6.45, 7) is 7.92. The fraction of sp³-hybridized carbons (Fsp3) is 0.941. The maximum absolute atomic E-state index is 12.3. The van der Waals surface area contributed by atoms with Gasteiger partial charge in [0, 0.05) is 37.8 Å². The maximum atomic E-state index is 12.3. The lowest BCUT2D eigenvalue weighted by Crippen LogP contribution is -2.53. The van der Waals surface area contributed by atoms with E-state index in [-0.39, 0.29) is 6.09 Å². The number of amides is 1. The molecule has 1 aliphatic carbocycles. The molecule has 3 aliphatic rings. The van der Waals surface area contributed by atoms with Gasteiger partial charge in [0.15, 0.2) is 0 Å². The summed E-state index contributed by atoms with van der Waals surface area (Å²) < 4.78 is 5.52. The van der Waals surface area contributed by atoms with Gasteiger partial charge in [0.05, 0.1) is 0 Å². The third-order valence-corrected chi connectivity index (χ3v) is 5.45. The summed E-state index contributed by atoms with van der Waals surface area (Å²) in [6, 6.07) is 1.49. The summed E-state index contributed by atoms with van der Waals surface area (Å²) >= 11 is 0. The molecule has 2 bridgehead atoms. The van der Waals surface area contributed by atoms with Crippen molar-refractivity contribution in [3.63, 3.8) is 0 Å². The number of aliphatic hydroxyl groups excluding tert-OH is 1. The quantitative estimate of drug-likeness (QED) is 0.850. The van der Waals surface area contributed by atoms with Crippen molar-refractivity contribution in [2.45, 2.75) is 76.6 Å². The van der Waals surface area contributed by atoms with Crippen LogP contribution in [0.5, 0.6) is 0 Å². The Labute approximate surface area is 133 Å². The molecular formula is C17H30N2O3. The van der Waals surface area contributed by atoms with E-state index in [4.69, 9.17) is 4.74 Å². The van der Waals surface area contributed by atoms with Crippen molar-refractivity contribution in [3.8, 4) is 0 Å². The predicted octanol–water partition coefficient (Wildman–Crippen LogP) is 2.23. The highest BCUT2D eigenvalue weighted by Gasteiger charge is 2.48. The van der Waals surface area contributed by atoms with Crippen molar-refractivity contribution in [1.29, 1.82) is 0 Å². The highest BCUT2D eigenvalue weighted by atomic mass is 16.6. The third kappa shape index (κ3) is 3.25. The number of nitrogens with zero attached hydrogens (tertiary/aromatic N) is 2. The van der Waals surface area contributed by atoms with Crippen LogP contribution in [0.4, 0.5) is 4.79 Å². The van der Waals surface area contributed by atoms with Crippen LogP contribution in [0.2, 0.25) is 0 Å². The van der Waals surface area contributed by atoms with Crippen LogP contribution in [-0.4, -0.2) is 64.4 Å². The summed E-state index contributed by atoms with van der Waals surface area (Å²) in [7, 11) is 0. The van der Waals surface area contributed by atoms with Gasteiger partial charge in [-0.05, 0) is 58.8 Å². The van der Waals surface area contributed by atoms with Crippen LogP contribution in [-0.2, 0) is 4.74 Å². The summed E-state index contributed by atoms with van der Waals surface area (Å²) in [5.41, 5.74) is -0.415. The highest BCUT2D eigenvalue weighted by molar-refractivity contribution is 5.69. The van der Waals surface area contributed by atoms with Gasteiger partial charge in [0.1, 0.15) is 5.60 Å². The Bertz CT molecular complexity index is 413. The standard InChI is InChI=1S/C17H30N2O3/c1-17(2,3)22-16(21)19-10-14-8-15(19)9-18(14)13-6-4-12(11-20)5-7-13/h12-15,20H,4-11H2,1-3H3. The Morgan fingerprint density at radius 3 is 2.27 bits per heavy atom. The van der Waals surface area contributed by atoms with E-state index < -0.39 is 5.60 Å². The van der Waals surface area contributed by atoms with E-state index >= 15 is 0 Å². The summed E-state index contributed by atoms with van der Waals surface area (Å²) in [5, 5.41) is 9.26. The van der Waals surface area contributed by atoms with E-state index in [2.05, 4.69) is 4.90 Å². The number of likely N-dealkylation sites (tertiary alicyclic amines) is 2. The van der Waals surface area contributed by atoms with E-state index in [9.17, 15) is 9.90 Å². The van der Waals surface area contributed by atoms with Crippen molar-refractivity contribution < 1.29 is 14.6 Å². The molecule has 2 heterocycles. The first kappa shape index (κ1) is 16.1. The minimum absolute atomic E-state index is 0.149. The largest absolute Gasteiger partial charge is 0.444 e. The van der Waals surface area contributed by atoms with Gasteiger partial charge >= 0.3 is 6.09 Å². The molecule has 2 unspecified atom stereocenters. The minimum Gasteiger partial charge on any atom is -0.444 e. The summed E-state index contributed by atoms with van der Waals surface area (Å²) in [4.78, 5) is 16.8. The predicted molar refractivity (Wildman–Crippen MR) is 84.7 cm³/mol. The van der Waals surface area contributed by atoms with Crippen LogP contribution in [0.1, 0.15) is 52.9 Å². The van der Waals surface area contributed by atoms with Gasteiger partial charge in [-0.1, -0.05) is 0 Å². The average Bonchev–Trinajstić information content (AvgIpc) is 3.05. The van der Waals surface area contributed by atoms with Gasteiger partial charge in [-0.25, -0.2) is 4.79 Å². The van der Waals surface area contributed by atoms with Crippen molar-refractivity contribution >= 4 is 6.09 Å². The summed E-state index contributed by atoms with van der Waals surface area (Å²) in [6.07, 6.45) is 5.63. The third-order valence-electron chi connectivity index (χ3n) is 5.45. The Balaban J connectivity index is 1.53. The fourth-order valence-electron chi connectivity index (χ4n) is 4.35. The number of fused-ring (bicyclic) bond motifs is 2. The highest BCUT2D eigenvalue weighted by Crippen LogP contribution is 2.37. The van der Waals surface area contributed by atoms with Crippen molar-refractivity contribution in [1.82, 2.24) is 9.80 Å². The zero-order valence-corrected chi connectivity index (χ0v) is 14.1. The lowest BCUT2D eigenvalue weighted by atomic mass is 9.85. The zero-order chi connectivity index (χ0) is 15.9. The maximum Gasteiger partial charge on any atom is 0.410 e. The Morgan fingerprint density at radius 2 is 1.77 bits per heavy atom. The minimum atomic E-state index is -0.415. The molecule has 2 saturated heterocycles. The van der Waals surface area contributed by atoms with Gasteiger partial charge in [0.2, 0.25) is 0 Å². The lowest BCUT2D eigenvalue weighted by molar-refractivity contribution is 0.00507. The van der Waals surface area contributed by atoms with Gasteiger partial charge in [-0.2, -0.15) is 0 Å².